The van der Waals surface area contributed by atoms with Crippen molar-refractivity contribution in [2.45, 2.75) is 37.1 Å². The maximum Gasteiger partial charge on any atom is 0.418 e. The second kappa shape index (κ2) is 18.3. The summed E-state index contributed by atoms with van der Waals surface area (Å²) < 4.78 is 275. The lowest BCUT2D eigenvalue weighted by molar-refractivity contribution is -0.138. The Labute approximate surface area is 400 Å². The van der Waals surface area contributed by atoms with E-state index in [2.05, 4.69) is 0 Å². The molecule has 7 aromatic rings. The molecular formula is C50H28F18N4O. The van der Waals surface area contributed by atoms with E-state index in [0.29, 0.717) is 89.8 Å². The van der Waals surface area contributed by atoms with Crippen molar-refractivity contribution < 1.29 is 83.8 Å². The highest BCUT2D eigenvalue weighted by atomic mass is 19.4. The zero-order valence-electron chi connectivity index (χ0n) is 36.2. The molecule has 1 amide bonds. The van der Waals surface area contributed by atoms with Crippen LogP contribution in [0.1, 0.15) is 33.4 Å². The maximum atomic E-state index is 15.3. The van der Waals surface area contributed by atoms with Gasteiger partial charge in [0.1, 0.15) is 6.54 Å². The number of carbonyl (C=O) groups excluding carboxylic acids is 1. The maximum absolute atomic E-state index is 15.3. The number of anilines is 10. The summed E-state index contributed by atoms with van der Waals surface area (Å²) in [5.74, 6) is -1.01. The fourth-order valence-electron chi connectivity index (χ4n) is 8.25. The van der Waals surface area contributed by atoms with Crippen LogP contribution in [0.2, 0.25) is 0 Å². The van der Waals surface area contributed by atoms with Crippen molar-refractivity contribution in [1.29, 1.82) is 0 Å². The monoisotopic (exact) mass is 1040 g/mol. The van der Waals surface area contributed by atoms with Gasteiger partial charge < -0.3 is 14.7 Å². The van der Waals surface area contributed by atoms with Crippen molar-refractivity contribution in [2.24, 2.45) is 0 Å². The molecule has 0 bridgehead atoms. The first-order valence-corrected chi connectivity index (χ1v) is 20.9. The number of benzene rings is 7. The summed E-state index contributed by atoms with van der Waals surface area (Å²) in [6.45, 7) is -0.780. The van der Waals surface area contributed by atoms with E-state index in [1.54, 1.807) is 0 Å². The first-order valence-electron chi connectivity index (χ1n) is 20.9. The molecule has 1 aliphatic heterocycles. The summed E-state index contributed by atoms with van der Waals surface area (Å²) in [5.41, 5.74) is -22.7. The SMILES string of the molecule is O=C1CN1c1cc(N(c2ccccc2C(F)(F)F)c2ccccc2C(F)(F)F)c(N(c2ccccc2C(F)(F)F)c2ccccc2C(F)(F)F)cc1N(c1ccccc1C(F)(F)F)c1ccccc1C(F)(F)F. The van der Waals surface area contributed by atoms with E-state index in [-0.39, 0.29) is 14.7 Å². The van der Waals surface area contributed by atoms with Crippen molar-refractivity contribution in [3.63, 3.8) is 0 Å². The number of alkyl halides is 18. The van der Waals surface area contributed by atoms with Gasteiger partial charge in [-0.15, -0.1) is 0 Å². The second-order valence-electron chi connectivity index (χ2n) is 15.9. The van der Waals surface area contributed by atoms with Gasteiger partial charge in [-0.2, -0.15) is 79.0 Å². The van der Waals surface area contributed by atoms with Crippen LogP contribution in [0, 0.1) is 0 Å². The molecule has 380 valence electrons. The average Bonchev–Trinajstić information content (AvgIpc) is 4.04. The van der Waals surface area contributed by atoms with Crippen molar-refractivity contribution in [2.75, 3.05) is 26.1 Å². The molecule has 1 fully saturated rings. The molecule has 7 aromatic carbocycles. The largest absolute Gasteiger partial charge is 0.418 e. The molecule has 0 saturated carbocycles. The molecule has 5 nitrogen and oxygen atoms in total. The molecule has 73 heavy (non-hydrogen) atoms. The van der Waals surface area contributed by atoms with Crippen LogP contribution in [0.3, 0.4) is 0 Å². The van der Waals surface area contributed by atoms with E-state index in [9.17, 15) is 4.79 Å². The minimum Gasteiger partial charge on any atom is -0.307 e. The van der Waals surface area contributed by atoms with Gasteiger partial charge in [0.2, 0.25) is 5.91 Å². The standard InChI is InChI=1S/C50H28F18N4O/c51-45(52,53)28-13-1-7-19-34(28)70(35-20-8-2-14-29(35)46(54,55)56)41-26-43(72(38-23-11-5-17-32(38)49(63,64)65)39-24-12-6-18-33(39)50(66,67)68)42(25-40(41)69-27-44(69)73)71(36-21-9-3-15-30(36)47(57,58)59)37-22-10-4-16-31(37)48(60,61)62/h1-26H,27H2. The lowest BCUT2D eigenvalue weighted by Crippen LogP contribution is -2.26. The van der Waals surface area contributed by atoms with Gasteiger partial charge in [0.05, 0.1) is 90.3 Å². The van der Waals surface area contributed by atoms with Crippen LogP contribution in [0.15, 0.2) is 158 Å². The van der Waals surface area contributed by atoms with Gasteiger partial charge in [0, 0.05) is 0 Å². The normalized spacial score (nSPS) is 13.6. The fourth-order valence-corrected chi connectivity index (χ4v) is 8.25. The van der Waals surface area contributed by atoms with Crippen LogP contribution >= 0.6 is 0 Å². The Balaban J connectivity index is 1.69. The van der Waals surface area contributed by atoms with Crippen LogP contribution in [0.5, 0.6) is 0 Å². The van der Waals surface area contributed by atoms with Crippen molar-refractivity contribution in [1.82, 2.24) is 0 Å². The highest BCUT2D eigenvalue weighted by molar-refractivity contribution is 6.16. The van der Waals surface area contributed by atoms with Gasteiger partial charge in [-0.1, -0.05) is 72.8 Å². The zero-order chi connectivity index (χ0) is 53.2. The highest BCUT2D eigenvalue weighted by Gasteiger charge is 2.47. The molecule has 0 unspecified atom stereocenters. The quantitative estimate of drug-likeness (QED) is 0.101. The summed E-state index contributed by atoms with van der Waals surface area (Å²) in [5, 5.41) is 0. The molecule has 0 aromatic heterocycles. The smallest absolute Gasteiger partial charge is 0.307 e. The molecule has 0 radical (unpaired) electrons. The number of amides is 1. The molecule has 1 saturated heterocycles. The number of hydrogen-bond acceptors (Lipinski definition) is 4. The third-order valence-corrected chi connectivity index (χ3v) is 11.3. The molecule has 0 spiro atoms. The Morgan fingerprint density at radius 3 is 0.685 bits per heavy atom. The van der Waals surface area contributed by atoms with E-state index in [1.165, 1.54) is 0 Å². The predicted octanol–water partition coefficient (Wildman–Crippen LogP) is 17.6. The lowest BCUT2D eigenvalue weighted by atomic mass is 10.0. The third-order valence-electron chi connectivity index (χ3n) is 11.3. The topological polar surface area (TPSA) is 29.8 Å². The Morgan fingerprint density at radius 2 is 0.479 bits per heavy atom. The van der Waals surface area contributed by atoms with Gasteiger partial charge in [-0.3, -0.25) is 9.69 Å². The van der Waals surface area contributed by atoms with Gasteiger partial charge in [0.25, 0.3) is 0 Å². The van der Waals surface area contributed by atoms with E-state index in [0.717, 1.165) is 72.8 Å². The molecule has 0 atom stereocenters. The summed E-state index contributed by atoms with van der Waals surface area (Å²) in [6.07, 6.45) is -33.1. The molecular weight excluding hydrogens is 1010 g/mol. The predicted molar refractivity (Wildman–Crippen MR) is 233 cm³/mol. The molecule has 0 N–H and O–H groups in total. The fraction of sp³-hybridized carbons (Fsp3) is 0.140. The van der Waals surface area contributed by atoms with Crippen LogP contribution in [-0.2, 0) is 41.9 Å². The van der Waals surface area contributed by atoms with Crippen LogP contribution in [0.4, 0.5) is 136 Å². The van der Waals surface area contributed by atoms with Gasteiger partial charge in [-0.05, 0) is 84.9 Å². The Kier molecular flexibility index (Phi) is 12.9. The van der Waals surface area contributed by atoms with Crippen LogP contribution in [0.25, 0.3) is 0 Å². The Bertz CT molecular complexity index is 3040. The average molecular weight is 1040 g/mol. The highest BCUT2D eigenvalue weighted by Crippen LogP contribution is 2.59. The summed E-state index contributed by atoms with van der Waals surface area (Å²) >= 11 is 0. The molecule has 0 aliphatic carbocycles. The minimum absolute atomic E-state index is 0.112. The number of para-hydroxylation sites is 6. The number of nitrogens with zero attached hydrogens (tertiary/aromatic N) is 4. The van der Waals surface area contributed by atoms with Gasteiger partial charge in [-0.25, -0.2) is 0 Å². The first-order chi connectivity index (χ1) is 34.0. The van der Waals surface area contributed by atoms with Crippen LogP contribution < -0.4 is 19.6 Å². The summed E-state index contributed by atoms with van der Waals surface area (Å²) in [4.78, 5) is 14.5. The zero-order valence-corrected chi connectivity index (χ0v) is 36.2. The van der Waals surface area contributed by atoms with E-state index in [1.807, 2.05) is 0 Å². The van der Waals surface area contributed by atoms with Gasteiger partial charge in [0.15, 0.2) is 0 Å². The first kappa shape index (κ1) is 51.5. The molecule has 1 heterocycles. The number of hydrogen-bond donors (Lipinski definition) is 0. The molecule has 1 aliphatic rings. The van der Waals surface area contributed by atoms with E-state index < -0.39 is 140 Å². The minimum atomic E-state index is -5.56. The van der Waals surface area contributed by atoms with E-state index >= 15 is 79.0 Å². The Hall–Kier alpha value is -7.85. The molecule has 23 heteroatoms. The third kappa shape index (κ3) is 10.2. The summed E-state index contributed by atoms with van der Waals surface area (Å²) in [7, 11) is 0. The van der Waals surface area contributed by atoms with Crippen molar-refractivity contribution in [3.05, 3.63) is 191 Å². The lowest BCUT2D eigenvalue weighted by Gasteiger charge is -2.39. The van der Waals surface area contributed by atoms with Crippen LogP contribution in [-0.4, -0.2) is 12.5 Å². The Morgan fingerprint density at radius 1 is 0.288 bits per heavy atom. The molecule has 8 rings (SSSR count). The van der Waals surface area contributed by atoms with Gasteiger partial charge >= 0.3 is 37.1 Å². The second-order valence-corrected chi connectivity index (χ2v) is 15.9. The van der Waals surface area contributed by atoms with Crippen molar-refractivity contribution >= 4 is 62.8 Å². The van der Waals surface area contributed by atoms with E-state index in [4.69, 9.17) is 0 Å². The number of carbonyl (C=O) groups is 1. The number of rotatable bonds is 10. The number of halogens is 18. The summed E-state index contributed by atoms with van der Waals surface area (Å²) in [6, 6.07) is 16.9. The van der Waals surface area contributed by atoms with Crippen molar-refractivity contribution in [3.8, 4) is 0 Å².